The van der Waals surface area contributed by atoms with E-state index >= 15 is 0 Å². The maximum Gasteiger partial charge on any atom is 0.0950 e. The minimum Gasteiger partial charge on any atom is -0.377 e. The Morgan fingerprint density at radius 3 is 2.31 bits per heavy atom. The Morgan fingerprint density at radius 2 is 1.81 bits per heavy atom. The Kier molecular flexibility index (Phi) is 5.75. The maximum absolute atomic E-state index is 8.83. The Balaban J connectivity index is 2.15. The van der Waals surface area contributed by atoms with Crippen molar-refractivity contribution in [3.63, 3.8) is 0 Å². The van der Waals surface area contributed by atoms with E-state index in [4.69, 9.17) is 10.00 Å². The van der Waals surface area contributed by atoms with E-state index in [9.17, 15) is 0 Å². The second-order valence-electron chi connectivity index (χ2n) is 4.60. The predicted octanol–water partition coefficient (Wildman–Crippen LogP) is 0.941. The molecule has 0 aliphatic carbocycles. The molecule has 1 atom stereocenters. The van der Waals surface area contributed by atoms with Crippen LogP contribution in [-0.2, 0) is 4.74 Å². The quantitative estimate of drug-likeness (QED) is 0.698. The lowest BCUT2D eigenvalue weighted by atomic mass is 10.2. The fourth-order valence-electron chi connectivity index (χ4n) is 1.87. The van der Waals surface area contributed by atoms with E-state index in [0.29, 0.717) is 6.10 Å². The van der Waals surface area contributed by atoms with Crippen molar-refractivity contribution in [2.24, 2.45) is 0 Å². The molecule has 4 nitrogen and oxygen atoms in total. The second-order valence-corrected chi connectivity index (χ2v) is 4.60. The second kappa shape index (κ2) is 6.85. The van der Waals surface area contributed by atoms with E-state index in [0.717, 1.165) is 39.3 Å². The topological polar surface area (TPSA) is 39.5 Å². The van der Waals surface area contributed by atoms with Crippen molar-refractivity contribution < 1.29 is 4.74 Å². The van der Waals surface area contributed by atoms with Gasteiger partial charge < -0.3 is 4.74 Å². The predicted molar refractivity (Wildman–Crippen MR) is 64.2 cm³/mol. The lowest BCUT2D eigenvalue weighted by Gasteiger charge is -2.35. The fourth-order valence-corrected chi connectivity index (χ4v) is 1.87. The molecule has 4 heteroatoms. The van der Waals surface area contributed by atoms with Crippen LogP contribution in [-0.4, -0.2) is 61.3 Å². The fraction of sp³-hybridized carbons (Fsp3) is 0.917. The van der Waals surface area contributed by atoms with Gasteiger partial charge >= 0.3 is 0 Å². The SMILES string of the molecule is CC(C)OCCN1CCN(C(C)C#N)CC1. The van der Waals surface area contributed by atoms with Crippen molar-refractivity contribution in [1.82, 2.24) is 9.80 Å². The van der Waals surface area contributed by atoms with Crippen molar-refractivity contribution >= 4 is 0 Å². The minimum absolute atomic E-state index is 0.0501. The van der Waals surface area contributed by atoms with Crippen LogP contribution in [0.3, 0.4) is 0 Å². The summed E-state index contributed by atoms with van der Waals surface area (Å²) in [5, 5.41) is 8.83. The Bertz CT molecular complexity index is 229. The van der Waals surface area contributed by atoms with E-state index < -0.39 is 0 Å². The lowest BCUT2D eigenvalue weighted by Crippen LogP contribution is -2.49. The highest BCUT2D eigenvalue weighted by atomic mass is 16.5. The van der Waals surface area contributed by atoms with Gasteiger partial charge in [0.2, 0.25) is 0 Å². The molecule has 0 N–H and O–H groups in total. The van der Waals surface area contributed by atoms with Crippen LogP contribution >= 0.6 is 0 Å². The summed E-state index contributed by atoms with van der Waals surface area (Å²) in [7, 11) is 0. The van der Waals surface area contributed by atoms with Crippen molar-refractivity contribution in [2.75, 3.05) is 39.3 Å². The Hall–Kier alpha value is -0.630. The summed E-state index contributed by atoms with van der Waals surface area (Å²) in [5.74, 6) is 0. The van der Waals surface area contributed by atoms with Gasteiger partial charge in [0.25, 0.3) is 0 Å². The van der Waals surface area contributed by atoms with Gasteiger partial charge in [0.05, 0.1) is 24.8 Å². The van der Waals surface area contributed by atoms with Gasteiger partial charge in [-0.3, -0.25) is 9.80 Å². The van der Waals surface area contributed by atoms with Gasteiger partial charge in [-0.25, -0.2) is 0 Å². The summed E-state index contributed by atoms with van der Waals surface area (Å²) >= 11 is 0. The number of rotatable bonds is 5. The van der Waals surface area contributed by atoms with Crippen molar-refractivity contribution in [1.29, 1.82) is 5.26 Å². The van der Waals surface area contributed by atoms with Gasteiger partial charge in [-0.1, -0.05) is 0 Å². The van der Waals surface area contributed by atoms with Crippen LogP contribution < -0.4 is 0 Å². The Morgan fingerprint density at radius 1 is 1.19 bits per heavy atom. The van der Waals surface area contributed by atoms with Crippen LogP contribution in [0.2, 0.25) is 0 Å². The van der Waals surface area contributed by atoms with E-state index in [1.807, 2.05) is 6.92 Å². The summed E-state index contributed by atoms with van der Waals surface area (Å²) in [4.78, 5) is 4.64. The van der Waals surface area contributed by atoms with Gasteiger partial charge in [-0.05, 0) is 20.8 Å². The summed E-state index contributed by atoms with van der Waals surface area (Å²) in [6.45, 7) is 12.0. The average molecular weight is 225 g/mol. The lowest BCUT2D eigenvalue weighted by molar-refractivity contribution is 0.0425. The first-order valence-electron chi connectivity index (χ1n) is 6.11. The highest BCUT2D eigenvalue weighted by Gasteiger charge is 2.20. The number of ether oxygens (including phenoxy) is 1. The molecule has 92 valence electrons. The molecule has 1 saturated heterocycles. The third-order valence-electron chi connectivity index (χ3n) is 3.00. The molecule has 0 spiro atoms. The first kappa shape index (κ1) is 13.4. The third-order valence-corrected chi connectivity index (χ3v) is 3.00. The molecule has 0 aromatic rings. The number of piperazine rings is 1. The minimum atomic E-state index is 0.0501. The number of hydrogen-bond donors (Lipinski definition) is 0. The van der Waals surface area contributed by atoms with Gasteiger partial charge in [0.1, 0.15) is 0 Å². The molecule has 1 aliphatic heterocycles. The molecule has 0 bridgehead atoms. The Labute approximate surface area is 98.8 Å². The van der Waals surface area contributed by atoms with Crippen molar-refractivity contribution in [3.8, 4) is 6.07 Å². The molecule has 1 fully saturated rings. The molecule has 0 saturated carbocycles. The smallest absolute Gasteiger partial charge is 0.0950 e. The molecular formula is C12H23N3O. The molecule has 1 unspecified atom stereocenters. The number of nitriles is 1. The van der Waals surface area contributed by atoms with Crippen LogP contribution in [0.25, 0.3) is 0 Å². The van der Waals surface area contributed by atoms with E-state index in [-0.39, 0.29) is 6.04 Å². The third kappa shape index (κ3) is 4.48. The molecule has 1 rings (SSSR count). The normalized spacial score (nSPS) is 20.9. The summed E-state index contributed by atoms with van der Waals surface area (Å²) < 4.78 is 5.53. The number of nitrogens with zero attached hydrogens (tertiary/aromatic N) is 3. The molecule has 1 heterocycles. The summed E-state index contributed by atoms with van der Waals surface area (Å²) in [6, 6.07) is 2.34. The summed E-state index contributed by atoms with van der Waals surface area (Å²) in [5.41, 5.74) is 0. The molecule has 0 aromatic heterocycles. The molecular weight excluding hydrogens is 202 g/mol. The average Bonchev–Trinajstić information content (AvgIpc) is 2.28. The van der Waals surface area contributed by atoms with Crippen LogP contribution in [0.15, 0.2) is 0 Å². The van der Waals surface area contributed by atoms with Crippen LogP contribution in [0, 0.1) is 11.3 Å². The van der Waals surface area contributed by atoms with Gasteiger partial charge in [-0.2, -0.15) is 5.26 Å². The van der Waals surface area contributed by atoms with Gasteiger partial charge in [-0.15, -0.1) is 0 Å². The summed E-state index contributed by atoms with van der Waals surface area (Å²) in [6.07, 6.45) is 0.319. The van der Waals surface area contributed by atoms with Gasteiger partial charge in [0.15, 0.2) is 0 Å². The zero-order chi connectivity index (χ0) is 12.0. The first-order chi connectivity index (χ1) is 7.63. The molecule has 16 heavy (non-hydrogen) atoms. The van der Waals surface area contributed by atoms with Crippen LogP contribution in [0.4, 0.5) is 0 Å². The maximum atomic E-state index is 8.83. The zero-order valence-electron chi connectivity index (χ0n) is 10.6. The van der Waals surface area contributed by atoms with E-state index in [2.05, 4.69) is 29.7 Å². The van der Waals surface area contributed by atoms with Crippen molar-refractivity contribution in [3.05, 3.63) is 0 Å². The van der Waals surface area contributed by atoms with Gasteiger partial charge in [0, 0.05) is 32.7 Å². The van der Waals surface area contributed by atoms with Crippen LogP contribution in [0.1, 0.15) is 20.8 Å². The molecule has 0 amide bonds. The van der Waals surface area contributed by atoms with E-state index in [1.165, 1.54) is 0 Å². The molecule has 1 aliphatic rings. The van der Waals surface area contributed by atoms with Crippen molar-refractivity contribution in [2.45, 2.75) is 32.9 Å². The monoisotopic (exact) mass is 225 g/mol. The molecule has 0 aromatic carbocycles. The largest absolute Gasteiger partial charge is 0.377 e. The first-order valence-corrected chi connectivity index (χ1v) is 6.11. The highest BCUT2D eigenvalue weighted by Crippen LogP contribution is 2.05. The highest BCUT2D eigenvalue weighted by molar-refractivity contribution is 4.90. The number of hydrogen-bond acceptors (Lipinski definition) is 4. The zero-order valence-corrected chi connectivity index (χ0v) is 10.6. The molecule has 0 radical (unpaired) electrons. The van der Waals surface area contributed by atoms with Crippen LogP contribution in [0.5, 0.6) is 0 Å². The standard InChI is InChI=1S/C12H23N3O/c1-11(2)16-9-8-14-4-6-15(7-5-14)12(3)10-13/h11-12H,4-9H2,1-3H3. The van der Waals surface area contributed by atoms with E-state index in [1.54, 1.807) is 0 Å².